The van der Waals surface area contributed by atoms with Crippen LogP contribution in [0, 0.1) is 11.8 Å². The average Bonchev–Trinajstić information content (AvgIpc) is 3.17. The third-order valence-corrected chi connectivity index (χ3v) is 6.80. The zero-order valence-corrected chi connectivity index (χ0v) is 21.5. The summed E-state index contributed by atoms with van der Waals surface area (Å²) in [5, 5.41) is 16.9. The van der Waals surface area contributed by atoms with Crippen molar-refractivity contribution >= 4 is 29.6 Å². The number of aliphatic carboxylic acids is 1. The van der Waals surface area contributed by atoms with Crippen LogP contribution in [0.25, 0.3) is 5.57 Å². The molecule has 10 nitrogen and oxygen atoms in total. The van der Waals surface area contributed by atoms with Crippen LogP contribution >= 0.6 is 0 Å². The van der Waals surface area contributed by atoms with Crippen LogP contribution in [0.3, 0.4) is 0 Å². The van der Waals surface area contributed by atoms with Crippen LogP contribution in [-0.4, -0.2) is 54.3 Å². The van der Waals surface area contributed by atoms with Gasteiger partial charge in [0.25, 0.3) is 0 Å². The third kappa shape index (κ3) is 6.90. The summed E-state index contributed by atoms with van der Waals surface area (Å²) >= 11 is 0. The van der Waals surface area contributed by atoms with E-state index in [1.807, 2.05) is 12.1 Å². The third-order valence-electron chi connectivity index (χ3n) is 6.80. The first-order valence-electron chi connectivity index (χ1n) is 12.6. The van der Waals surface area contributed by atoms with Crippen LogP contribution < -0.4 is 21.7 Å². The summed E-state index contributed by atoms with van der Waals surface area (Å²) in [4.78, 5) is 48.0. The maximum Gasteiger partial charge on any atom is 0.407 e. The molecule has 10 heteroatoms. The van der Waals surface area contributed by atoms with Gasteiger partial charge in [-0.3, -0.25) is 4.79 Å². The summed E-state index contributed by atoms with van der Waals surface area (Å²) in [7, 11) is 0. The van der Waals surface area contributed by atoms with Gasteiger partial charge in [-0.1, -0.05) is 57.2 Å². The second-order valence-electron chi connectivity index (χ2n) is 9.85. The molecule has 200 valence electrons. The zero-order chi connectivity index (χ0) is 27.1. The molecule has 2 aliphatic rings. The Balaban J connectivity index is 1.61. The molecule has 1 aromatic carbocycles. The molecule has 4 atom stereocenters. The van der Waals surface area contributed by atoms with E-state index in [2.05, 4.69) is 47.2 Å². The van der Waals surface area contributed by atoms with Crippen LogP contribution in [0.4, 0.5) is 9.59 Å². The number of carboxylic acid groups (broad SMARTS) is 1. The number of nitrogens with one attached hydrogen (secondary N) is 3. The van der Waals surface area contributed by atoms with E-state index in [9.17, 15) is 24.3 Å². The number of benzene rings is 1. The molecule has 0 spiro atoms. The minimum absolute atomic E-state index is 0.0615. The number of fused-ring (bicyclic) bond motifs is 2. The molecular weight excluding hydrogens is 476 g/mol. The largest absolute Gasteiger partial charge is 0.480 e. The monoisotopic (exact) mass is 512 g/mol. The van der Waals surface area contributed by atoms with Crippen LogP contribution in [0.5, 0.6) is 0 Å². The first kappa shape index (κ1) is 27.8. The topological polar surface area (TPSA) is 160 Å². The molecule has 0 aliphatic heterocycles. The highest BCUT2D eigenvalue weighted by molar-refractivity contribution is 5.89. The smallest absolute Gasteiger partial charge is 0.407 e. The van der Waals surface area contributed by atoms with E-state index < -0.39 is 36.1 Å². The number of hydrogen-bond acceptors (Lipinski definition) is 5. The van der Waals surface area contributed by atoms with Gasteiger partial charge in [0.2, 0.25) is 5.91 Å². The number of alkyl carbamates (subject to hydrolysis) is 1. The van der Waals surface area contributed by atoms with E-state index in [-0.39, 0.29) is 31.4 Å². The van der Waals surface area contributed by atoms with Gasteiger partial charge < -0.3 is 31.5 Å². The lowest BCUT2D eigenvalue weighted by Crippen LogP contribution is -2.54. The Morgan fingerprint density at radius 3 is 2.57 bits per heavy atom. The Hall–Kier alpha value is -3.82. The number of amides is 4. The van der Waals surface area contributed by atoms with Crippen molar-refractivity contribution in [1.82, 2.24) is 16.0 Å². The molecule has 0 saturated heterocycles. The van der Waals surface area contributed by atoms with Gasteiger partial charge >= 0.3 is 18.1 Å². The lowest BCUT2D eigenvalue weighted by atomic mass is 9.83. The lowest BCUT2D eigenvalue weighted by molar-refractivity contribution is -0.142. The maximum atomic E-state index is 12.9. The lowest BCUT2D eigenvalue weighted by Gasteiger charge is -2.26. The number of carbonyl (C=O) groups is 4. The first-order chi connectivity index (χ1) is 17.6. The van der Waals surface area contributed by atoms with Crippen molar-refractivity contribution in [2.24, 2.45) is 17.6 Å². The number of carboxylic acids is 1. The molecule has 2 aliphatic carbocycles. The van der Waals surface area contributed by atoms with Crippen molar-refractivity contribution in [3.8, 4) is 0 Å². The quantitative estimate of drug-likeness (QED) is 0.287. The van der Waals surface area contributed by atoms with E-state index in [0.29, 0.717) is 12.3 Å². The Morgan fingerprint density at radius 1 is 1.16 bits per heavy atom. The molecule has 3 rings (SSSR count). The van der Waals surface area contributed by atoms with Gasteiger partial charge in [0.05, 0.1) is 0 Å². The van der Waals surface area contributed by atoms with Crippen molar-refractivity contribution in [2.75, 3.05) is 13.2 Å². The summed E-state index contributed by atoms with van der Waals surface area (Å²) in [5.41, 5.74) is 9.72. The fourth-order valence-electron chi connectivity index (χ4n) is 4.95. The second kappa shape index (κ2) is 12.4. The molecule has 0 bridgehead atoms. The van der Waals surface area contributed by atoms with Gasteiger partial charge in [0, 0.05) is 12.5 Å². The maximum absolute atomic E-state index is 12.9. The van der Waals surface area contributed by atoms with E-state index in [4.69, 9.17) is 10.5 Å². The van der Waals surface area contributed by atoms with Gasteiger partial charge in [-0.05, 0) is 53.4 Å². The highest BCUT2D eigenvalue weighted by atomic mass is 16.5. The van der Waals surface area contributed by atoms with Crippen molar-refractivity contribution in [3.05, 3.63) is 53.1 Å². The predicted molar refractivity (Wildman–Crippen MR) is 139 cm³/mol. The van der Waals surface area contributed by atoms with Gasteiger partial charge in [-0.15, -0.1) is 0 Å². The number of primary amides is 1. The molecule has 0 heterocycles. The van der Waals surface area contributed by atoms with E-state index in [1.54, 1.807) is 13.8 Å². The molecule has 0 saturated carbocycles. The second-order valence-corrected chi connectivity index (χ2v) is 9.85. The minimum atomic E-state index is -1.21. The highest BCUT2D eigenvalue weighted by Crippen LogP contribution is 2.48. The van der Waals surface area contributed by atoms with E-state index >= 15 is 0 Å². The number of allylic oxidation sites excluding steroid dienone is 3. The van der Waals surface area contributed by atoms with E-state index in [1.165, 1.54) is 11.1 Å². The van der Waals surface area contributed by atoms with E-state index in [0.717, 1.165) is 17.5 Å². The Bertz CT molecular complexity index is 1100. The predicted octanol–water partition coefficient (Wildman–Crippen LogP) is 2.90. The molecule has 0 aromatic heterocycles. The Morgan fingerprint density at radius 2 is 1.89 bits per heavy atom. The fraction of sp³-hybridized carbons (Fsp3) is 0.481. The Kier molecular flexibility index (Phi) is 9.32. The number of hydrogen-bond donors (Lipinski definition) is 5. The summed E-state index contributed by atoms with van der Waals surface area (Å²) in [6.07, 6.45) is 4.88. The highest BCUT2D eigenvalue weighted by Gasteiger charge is 2.35. The van der Waals surface area contributed by atoms with Gasteiger partial charge in [-0.25, -0.2) is 14.4 Å². The molecule has 1 aromatic rings. The number of urea groups is 1. The van der Waals surface area contributed by atoms with Gasteiger partial charge in [0.1, 0.15) is 18.7 Å². The number of ether oxygens (including phenoxy) is 1. The molecule has 0 radical (unpaired) electrons. The molecule has 4 amide bonds. The number of nitrogens with two attached hydrogens (primary N) is 1. The molecular formula is C27H36N4O6. The summed E-state index contributed by atoms with van der Waals surface area (Å²) in [6, 6.07) is 5.23. The standard InChI is InChI=1S/C27H36N4O6/c1-15(2)23(24(32)30-21(25(33)34)12-7-13-29-26(28)35)31-27(36)37-14-20-18-10-5-4-9-17(18)19-11-6-8-16(3)22(19)20/h4-6,9-11,15-16,20-21,23H,7-8,12-14H2,1-3H3,(H,30,32)(H,31,36)(H,33,34)(H3,28,29,35)/t16?,20?,21-,23-/m0/s1. The summed E-state index contributed by atoms with van der Waals surface area (Å²) in [6.45, 7) is 5.98. The molecule has 2 unspecified atom stereocenters. The summed E-state index contributed by atoms with van der Waals surface area (Å²) < 4.78 is 5.61. The molecule has 0 fully saturated rings. The number of carbonyl (C=O) groups excluding carboxylic acids is 3. The fourth-order valence-corrected chi connectivity index (χ4v) is 4.95. The van der Waals surface area contributed by atoms with Crippen LogP contribution in [0.2, 0.25) is 0 Å². The SMILES string of the molecule is CC1CC=CC2=C1C(COC(=O)N[C@H](C(=O)N[C@@H](CCCNC(N)=O)C(=O)O)C(C)C)c1ccccc12. The van der Waals surface area contributed by atoms with Crippen molar-refractivity contribution in [3.63, 3.8) is 0 Å². The average molecular weight is 513 g/mol. The van der Waals surface area contributed by atoms with Crippen molar-refractivity contribution < 1.29 is 29.0 Å². The first-order valence-corrected chi connectivity index (χ1v) is 12.6. The van der Waals surface area contributed by atoms with Crippen LogP contribution in [0.1, 0.15) is 57.1 Å². The normalized spacial score (nSPS) is 19.5. The zero-order valence-electron chi connectivity index (χ0n) is 21.5. The van der Waals surface area contributed by atoms with Crippen molar-refractivity contribution in [2.45, 2.75) is 58.0 Å². The molecule has 6 N–H and O–H groups in total. The molecule has 37 heavy (non-hydrogen) atoms. The number of rotatable bonds is 11. The minimum Gasteiger partial charge on any atom is -0.480 e. The summed E-state index contributed by atoms with van der Waals surface area (Å²) in [5.74, 6) is -1.89. The van der Waals surface area contributed by atoms with Crippen LogP contribution in [-0.2, 0) is 14.3 Å². The van der Waals surface area contributed by atoms with Crippen LogP contribution in [0.15, 0.2) is 42.0 Å². The van der Waals surface area contributed by atoms with Gasteiger partial charge in [-0.2, -0.15) is 0 Å². The van der Waals surface area contributed by atoms with Gasteiger partial charge in [0.15, 0.2) is 0 Å². The van der Waals surface area contributed by atoms with Crippen molar-refractivity contribution in [1.29, 1.82) is 0 Å². The Labute approximate surface area is 216 Å².